The normalized spacial score (nSPS) is 16.9. The van der Waals surface area contributed by atoms with Crippen molar-refractivity contribution in [2.75, 3.05) is 19.5 Å². The van der Waals surface area contributed by atoms with Crippen molar-refractivity contribution in [3.05, 3.63) is 45.2 Å². The molecule has 1 atom stereocenters. The fourth-order valence-electron chi connectivity index (χ4n) is 2.56. The third-order valence-electron chi connectivity index (χ3n) is 4.02. The number of nitrogens with zero attached hydrogens (tertiary/aromatic N) is 3. The highest BCUT2D eigenvalue weighted by atomic mass is 35.5. The van der Waals surface area contributed by atoms with E-state index in [0.29, 0.717) is 22.2 Å². The number of benzene rings is 1. The molecule has 0 bridgehead atoms. The van der Waals surface area contributed by atoms with Crippen LogP contribution < -0.4 is 20.1 Å². The number of halogens is 1. The van der Waals surface area contributed by atoms with Gasteiger partial charge in [-0.2, -0.15) is 5.10 Å². The summed E-state index contributed by atoms with van der Waals surface area (Å²) in [4.78, 5) is 34.5. The molecule has 1 aliphatic heterocycles. The lowest BCUT2D eigenvalue weighted by Crippen LogP contribution is -2.28. The molecule has 14 heteroatoms. The highest BCUT2D eigenvalue weighted by molar-refractivity contribution is 8.15. The van der Waals surface area contributed by atoms with Crippen LogP contribution in [0.5, 0.6) is 11.5 Å². The number of carbonyl (C=O) groups excluding carboxylic acids is 2. The second-order valence-corrected chi connectivity index (χ2v) is 7.72. The van der Waals surface area contributed by atoms with E-state index in [9.17, 15) is 19.7 Å². The van der Waals surface area contributed by atoms with E-state index in [1.165, 1.54) is 38.5 Å². The molecule has 0 spiro atoms. The molecule has 2 amide bonds. The Labute approximate surface area is 190 Å². The summed E-state index contributed by atoms with van der Waals surface area (Å²) in [5, 5.41) is 23.1. The smallest absolute Gasteiger partial charge is 0.433 e. The molecule has 1 fully saturated rings. The molecule has 168 valence electrons. The van der Waals surface area contributed by atoms with Crippen molar-refractivity contribution in [2.45, 2.75) is 11.7 Å². The number of furan rings is 1. The van der Waals surface area contributed by atoms with Crippen LogP contribution in [-0.2, 0) is 9.59 Å². The van der Waals surface area contributed by atoms with Gasteiger partial charge in [0.05, 0.1) is 37.2 Å². The molecule has 2 heterocycles. The maximum absolute atomic E-state index is 12.5. The molecule has 1 saturated heterocycles. The van der Waals surface area contributed by atoms with Crippen LogP contribution in [0.25, 0.3) is 0 Å². The van der Waals surface area contributed by atoms with Gasteiger partial charge in [-0.3, -0.25) is 19.7 Å². The summed E-state index contributed by atoms with van der Waals surface area (Å²) in [6, 6.07) is 5.56. The number of hydrogen-bond donors (Lipinski definition) is 2. The molecule has 0 radical (unpaired) electrons. The van der Waals surface area contributed by atoms with Gasteiger partial charge in [0.2, 0.25) is 11.8 Å². The van der Waals surface area contributed by atoms with E-state index in [1.807, 2.05) is 0 Å². The predicted octanol–water partition coefficient (Wildman–Crippen LogP) is 2.81. The van der Waals surface area contributed by atoms with Crippen molar-refractivity contribution in [2.24, 2.45) is 10.2 Å². The molecule has 0 aliphatic carbocycles. The molecule has 32 heavy (non-hydrogen) atoms. The second-order valence-electron chi connectivity index (χ2n) is 6.12. The summed E-state index contributed by atoms with van der Waals surface area (Å²) in [7, 11) is 2.87. The number of anilines is 1. The third-order valence-corrected chi connectivity index (χ3v) is 5.39. The molecule has 3 rings (SSSR count). The predicted molar refractivity (Wildman–Crippen MR) is 118 cm³/mol. The quantitative estimate of drug-likeness (QED) is 0.331. The molecule has 2 aromatic rings. The molecule has 12 nitrogen and oxygen atoms in total. The number of rotatable bonds is 8. The molecule has 0 unspecified atom stereocenters. The standard InChI is InChI=1S/C18H16ClN5O7S/c1-29-12-6-11(13(30-2)5-10(12)19)21-15(25)7-14-17(26)22-18(32-14)23-20-8-9-3-4-16(31-9)24(27)28/h3-6,8,14H,7H2,1-2H3,(H,21,25)(H,22,23,26)/b20-8-/t14-/m0/s1. The maximum atomic E-state index is 12.5. The summed E-state index contributed by atoms with van der Waals surface area (Å²) in [5.74, 6) is -0.462. The Hall–Kier alpha value is -3.58. The molecule has 1 aromatic carbocycles. The Morgan fingerprint density at radius 3 is 2.78 bits per heavy atom. The minimum absolute atomic E-state index is 0.124. The van der Waals surface area contributed by atoms with E-state index in [2.05, 4.69) is 20.8 Å². The van der Waals surface area contributed by atoms with Gasteiger partial charge in [0.15, 0.2) is 10.9 Å². The van der Waals surface area contributed by atoms with Crippen LogP contribution in [0.3, 0.4) is 0 Å². The SMILES string of the molecule is COc1cc(NC(=O)C[C@@H]2S/C(=N/N=C\c3ccc([N+](=O)[O-])o3)NC2=O)c(OC)cc1Cl. The van der Waals surface area contributed by atoms with Gasteiger partial charge in [0.1, 0.15) is 21.7 Å². The lowest BCUT2D eigenvalue weighted by Gasteiger charge is -2.13. The van der Waals surface area contributed by atoms with E-state index >= 15 is 0 Å². The van der Waals surface area contributed by atoms with Gasteiger partial charge in [-0.1, -0.05) is 23.4 Å². The van der Waals surface area contributed by atoms with Crippen molar-refractivity contribution in [3.63, 3.8) is 0 Å². The zero-order valence-electron chi connectivity index (χ0n) is 16.7. The lowest BCUT2D eigenvalue weighted by atomic mass is 10.2. The van der Waals surface area contributed by atoms with E-state index in [-0.39, 0.29) is 17.3 Å². The average molecular weight is 482 g/mol. The highest BCUT2D eigenvalue weighted by Crippen LogP contribution is 2.36. The number of amides is 2. The first-order chi connectivity index (χ1) is 15.3. The number of amidine groups is 1. The van der Waals surface area contributed by atoms with Crippen LogP contribution >= 0.6 is 23.4 Å². The van der Waals surface area contributed by atoms with Crippen LogP contribution in [0.15, 0.2) is 38.9 Å². The van der Waals surface area contributed by atoms with Crippen LogP contribution in [0.1, 0.15) is 12.2 Å². The Balaban J connectivity index is 1.60. The van der Waals surface area contributed by atoms with Gasteiger partial charge in [-0.25, -0.2) is 0 Å². The first-order valence-electron chi connectivity index (χ1n) is 8.85. The summed E-state index contributed by atoms with van der Waals surface area (Å²) >= 11 is 7.07. The number of ether oxygens (including phenoxy) is 2. The van der Waals surface area contributed by atoms with Crippen LogP contribution in [0, 0.1) is 10.1 Å². The summed E-state index contributed by atoms with van der Waals surface area (Å²) in [5.41, 5.74) is 0.341. The molecule has 0 saturated carbocycles. The third kappa shape index (κ3) is 5.56. The maximum Gasteiger partial charge on any atom is 0.433 e. The number of nitro groups is 1. The van der Waals surface area contributed by atoms with E-state index in [0.717, 1.165) is 18.0 Å². The van der Waals surface area contributed by atoms with Crippen molar-refractivity contribution >= 4 is 58.1 Å². The fraction of sp³-hybridized carbons (Fsp3) is 0.222. The lowest BCUT2D eigenvalue weighted by molar-refractivity contribution is -0.402. The van der Waals surface area contributed by atoms with E-state index in [4.69, 9.17) is 25.5 Å². The number of thioether (sulfide) groups is 1. The zero-order chi connectivity index (χ0) is 23.3. The molecule has 2 N–H and O–H groups in total. The highest BCUT2D eigenvalue weighted by Gasteiger charge is 2.32. The number of hydrogen-bond acceptors (Lipinski definition) is 10. The van der Waals surface area contributed by atoms with Crippen molar-refractivity contribution < 1.29 is 28.4 Å². The van der Waals surface area contributed by atoms with Gasteiger partial charge in [0.25, 0.3) is 0 Å². The number of nitrogens with one attached hydrogen (secondary N) is 2. The minimum Gasteiger partial charge on any atom is -0.495 e. The Bertz CT molecular complexity index is 1120. The van der Waals surface area contributed by atoms with Gasteiger partial charge >= 0.3 is 5.88 Å². The number of methoxy groups -OCH3 is 2. The monoisotopic (exact) mass is 481 g/mol. The minimum atomic E-state index is -0.728. The first kappa shape index (κ1) is 23.1. The summed E-state index contributed by atoms with van der Waals surface area (Å²) in [6.45, 7) is 0. The Kier molecular flexibility index (Phi) is 7.33. The van der Waals surface area contributed by atoms with Gasteiger partial charge < -0.3 is 24.5 Å². The Morgan fingerprint density at radius 1 is 1.38 bits per heavy atom. The number of carbonyl (C=O) groups is 2. The van der Waals surface area contributed by atoms with Gasteiger partial charge in [-0.05, 0) is 6.07 Å². The average Bonchev–Trinajstić information content (AvgIpc) is 3.36. The van der Waals surface area contributed by atoms with Crippen LogP contribution in [-0.4, -0.2) is 47.6 Å². The second kappa shape index (κ2) is 10.2. The van der Waals surface area contributed by atoms with E-state index in [1.54, 1.807) is 0 Å². The summed E-state index contributed by atoms with van der Waals surface area (Å²) in [6.07, 6.45) is 1.02. The van der Waals surface area contributed by atoms with E-state index < -0.39 is 27.9 Å². The van der Waals surface area contributed by atoms with Crippen LogP contribution in [0.2, 0.25) is 5.02 Å². The molecular formula is C18H16ClN5O7S. The first-order valence-corrected chi connectivity index (χ1v) is 10.1. The zero-order valence-corrected chi connectivity index (χ0v) is 18.2. The van der Waals surface area contributed by atoms with Gasteiger partial charge in [-0.15, -0.1) is 5.10 Å². The fourth-order valence-corrected chi connectivity index (χ4v) is 3.72. The van der Waals surface area contributed by atoms with Crippen molar-refractivity contribution in [3.8, 4) is 11.5 Å². The topological polar surface area (TPSA) is 158 Å². The van der Waals surface area contributed by atoms with Gasteiger partial charge in [0, 0.05) is 18.6 Å². The van der Waals surface area contributed by atoms with Crippen LogP contribution in [0.4, 0.5) is 11.6 Å². The molecule has 1 aromatic heterocycles. The van der Waals surface area contributed by atoms with Crippen molar-refractivity contribution in [1.82, 2.24) is 5.32 Å². The Morgan fingerprint density at radius 2 is 2.12 bits per heavy atom. The summed E-state index contributed by atoms with van der Waals surface area (Å²) < 4.78 is 15.3. The largest absolute Gasteiger partial charge is 0.495 e. The molecular weight excluding hydrogens is 466 g/mol. The van der Waals surface area contributed by atoms with Crippen molar-refractivity contribution in [1.29, 1.82) is 0 Å². The molecule has 1 aliphatic rings.